The number of rotatable bonds is 5. The predicted octanol–water partition coefficient (Wildman–Crippen LogP) is 4.50. The zero-order chi connectivity index (χ0) is 18.7. The zero-order valence-corrected chi connectivity index (χ0v) is 15.6. The number of benzene rings is 1. The van der Waals surface area contributed by atoms with Gasteiger partial charge >= 0.3 is 5.97 Å². The van der Waals surface area contributed by atoms with Gasteiger partial charge in [0.2, 0.25) is 0 Å². The maximum atomic E-state index is 13.5. The van der Waals surface area contributed by atoms with Gasteiger partial charge in [0, 0.05) is 11.1 Å². The van der Waals surface area contributed by atoms with Crippen molar-refractivity contribution >= 4 is 40.2 Å². The van der Waals surface area contributed by atoms with Crippen LogP contribution >= 0.6 is 22.7 Å². The summed E-state index contributed by atoms with van der Waals surface area (Å²) in [5.41, 5.74) is 0.932. The van der Waals surface area contributed by atoms with Crippen LogP contribution in [0.4, 0.5) is 10.1 Å². The lowest BCUT2D eigenvalue weighted by molar-refractivity contribution is -0.123. The number of hydrogen-bond acceptors (Lipinski definition) is 6. The van der Waals surface area contributed by atoms with Gasteiger partial charge in [0.15, 0.2) is 11.8 Å². The first kappa shape index (κ1) is 18.2. The fourth-order valence-electron chi connectivity index (χ4n) is 2.07. The van der Waals surface area contributed by atoms with Gasteiger partial charge in [-0.05, 0) is 43.0 Å². The van der Waals surface area contributed by atoms with Crippen LogP contribution in [0.2, 0.25) is 0 Å². The second kappa shape index (κ2) is 7.76. The third-order valence-corrected chi connectivity index (χ3v) is 5.42. The van der Waals surface area contributed by atoms with Crippen molar-refractivity contribution in [3.05, 3.63) is 58.2 Å². The molecule has 3 rings (SSSR count). The number of aryl methyl sites for hydroxylation is 1. The number of esters is 1. The summed E-state index contributed by atoms with van der Waals surface area (Å²) in [6.45, 7) is 3.08. The fourth-order valence-corrected chi connectivity index (χ4v) is 3.67. The highest BCUT2D eigenvalue weighted by atomic mass is 32.1. The summed E-state index contributed by atoms with van der Waals surface area (Å²) in [4.78, 5) is 29.5. The molecule has 5 nitrogen and oxygen atoms in total. The Morgan fingerprint density at radius 1 is 1.27 bits per heavy atom. The highest BCUT2D eigenvalue weighted by molar-refractivity contribution is 7.20. The van der Waals surface area contributed by atoms with Crippen LogP contribution in [0.3, 0.4) is 0 Å². The Morgan fingerprint density at radius 2 is 2.08 bits per heavy atom. The minimum Gasteiger partial charge on any atom is -0.448 e. The van der Waals surface area contributed by atoms with Crippen LogP contribution in [0.1, 0.15) is 23.0 Å². The van der Waals surface area contributed by atoms with E-state index >= 15 is 0 Å². The normalized spacial score (nSPS) is 11.8. The fraction of sp³-hybridized carbons (Fsp3) is 0.167. The molecular formula is C18H15FN2O3S2. The van der Waals surface area contributed by atoms with Gasteiger partial charge in [0.05, 0.1) is 4.88 Å². The lowest BCUT2D eigenvalue weighted by atomic mass is 10.2. The Hall–Kier alpha value is -2.58. The number of hydrogen-bond donors (Lipinski definition) is 1. The summed E-state index contributed by atoms with van der Waals surface area (Å²) in [6, 6.07) is 8.17. The lowest BCUT2D eigenvalue weighted by Gasteiger charge is -2.13. The highest BCUT2D eigenvalue weighted by Crippen LogP contribution is 2.28. The molecular weight excluding hydrogens is 375 g/mol. The molecule has 1 amide bonds. The minimum absolute atomic E-state index is 0.152. The van der Waals surface area contributed by atoms with Crippen molar-refractivity contribution < 1.29 is 18.7 Å². The topological polar surface area (TPSA) is 68.3 Å². The predicted molar refractivity (Wildman–Crippen MR) is 100 cm³/mol. The van der Waals surface area contributed by atoms with Crippen molar-refractivity contribution in [2.24, 2.45) is 0 Å². The van der Waals surface area contributed by atoms with Gasteiger partial charge in [-0.2, -0.15) is 0 Å². The Bertz CT molecular complexity index is 938. The third-order valence-electron chi connectivity index (χ3n) is 3.54. The monoisotopic (exact) mass is 390 g/mol. The van der Waals surface area contributed by atoms with E-state index < -0.39 is 23.8 Å². The molecule has 0 saturated carbocycles. The molecule has 1 atom stereocenters. The summed E-state index contributed by atoms with van der Waals surface area (Å²) in [6.07, 6.45) is -1.04. The standard InChI is InChI=1S/C18H15FN2O3S2/c1-10-5-6-12(8-13(10)19)20-16(22)11(2)24-18(23)14-9-26-17(21-14)15-4-3-7-25-15/h3-9,11H,1-2H3,(H,20,22). The molecule has 1 N–H and O–H groups in total. The molecule has 134 valence electrons. The molecule has 1 unspecified atom stereocenters. The van der Waals surface area contributed by atoms with Crippen LogP contribution < -0.4 is 5.32 Å². The van der Waals surface area contributed by atoms with E-state index in [1.807, 2.05) is 17.5 Å². The number of nitrogens with one attached hydrogen (secondary N) is 1. The Labute approximate surface area is 157 Å². The van der Waals surface area contributed by atoms with Crippen LogP contribution in [0.15, 0.2) is 41.1 Å². The molecule has 0 radical (unpaired) electrons. The van der Waals surface area contributed by atoms with Gasteiger partial charge in [0.25, 0.3) is 5.91 Å². The molecule has 0 aliphatic rings. The maximum absolute atomic E-state index is 13.5. The van der Waals surface area contributed by atoms with Gasteiger partial charge < -0.3 is 10.1 Å². The molecule has 3 aromatic rings. The van der Waals surface area contributed by atoms with E-state index in [1.165, 1.54) is 35.7 Å². The van der Waals surface area contributed by atoms with E-state index in [2.05, 4.69) is 10.3 Å². The van der Waals surface area contributed by atoms with Gasteiger partial charge in [-0.25, -0.2) is 14.2 Å². The molecule has 0 aliphatic heterocycles. The molecule has 0 fully saturated rings. The number of thiazole rings is 1. The number of anilines is 1. The van der Waals surface area contributed by atoms with Crippen molar-refractivity contribution in [1.82, 2.24) is 4.98 Å². The van der Waals surface area contributed by atoms with Crippen LogP contribution in [0.5, 0.6) is 0 Å². The highest BCUT2D eigenvalue weighted by Gasteiger charge is 2.21. The summed E-state index contributed by atoms with van der Waals surface area (Å²) in [5, 5.41) is 6.76. The second-order valence-corrected chi connectivity index (χ2v) is 7.32. The molecule has 2 heterocycles. The van der Waals surface area contributed by atoms with E-state index in [0.29, 0.717) is 11.3 Å². The zero-order valence-electron chi connectivity index (χ0n) is 14.0. The van der Waals surface area contributed by atoms with Crippen LogP contribution in [0.25, 0.3) is 9.88 Å². The number of ether oxygens (including phenoxy) is 1. The number of aromatic nitrogens is 1. The van der Waals surface area contributed by atoms with Crippen LogP contribution in [-0.4, -0.2) is 23.0 Å². The van der Waals surface area contributed by atoms with Crippen molar-refractivity contribution in [3.8, 4) is 9.88 Å². The summed E-state index contributed by atoms with van der Waals surface area (Å²) in [7, 11) is 0. The Morgan fingerprint density at radius 3 is 2.77 bits per heavy atom. The van der Waals surface area contributed by atoms with E-state index in [0.717, 1.165) is 9.88 Å². The second-order valence-electron chi connectivity index (χ2n) is 5.52. The molecule has 2 aromatic heterocycles. The van der Waals surface area contributed by atoms with Crippen molar-refractivity contribution in [2.75, 3.05) is 5.32 Å². The number of nitrogens with zero attached hydrogens (tertiary/aromatic N) is 1. The summed E-state index contributed by atoms with van der Waals surface area (Å²) < 4.78 is 18.7. The summed E-state index contributed by atoms with van der Waals surface area (Å²) in [5.74, 6) is -1.65. The largest absolute Gasteiger partial charge is 0.448 e. The van der Waals surface area contributed by atoms with Crippen LogP contribution in [0, 0.1) is 12.7 Å². The first-order valence-corrected chi connectivity index (χ1v) is 9.47. The van der Waals surface area contributed by atoms with Gasteiger partial charge in [-0.3, -0.25) is 4.79 Å². The molecule has 0 bridgehead atoms. The van der Waals surface area contributed by atoms with E-state index in [1.54, 1.807) is 24.4 Å². The minimum atomic E-state index is -1.04. The molecule has 0 saturated heterocycles. The van der Waals surface area contributed by atoms with E-state index in [-0.39, 0.29) is 5.69 Å². The quantitative estimate of drug-likeness (QED) is 0.651. The summed E-state index contributed by atoms with van der Waals surface area (Å²) >= 11 is 2.86. The number of amides is 1. The van der Waals surface area contributed by atoms with Gasteiger partial charge in [-0.15, -0.1) is 22.7 Å². The van der Waals surface area contributed by atoms with Crippen molar-refractivity contribution in [1.29, 1.82) is 0 Å². The molecule has 1 aromatic carbocycles. The third kappa shape index (κ3) is 4.14. The SMILES string of the molecule is Cc1ccc(NC(=O)C(C)OC(=O)c2csc(-c3cccs3)n2)cc1F. The number of halogens is 1. The smallest absolute Gasteiger partial charge is 0.358 e. The van der Waals surface area contributed by atoms with Crippen LogP contribution in [-0.2, 0) is 9.53 Å². The number of carbonyl (C=O) groups is 2. The number of thiophene rings is 1. The average Bonchev–Trinajstić information content (AvgIpc) is 3.28. The maximum Gasteiger partial charge on any atom is 0.358 e. The molecule has 8 heteroatoms. The average molecular weight is 390 g/mol. The van der Waals surface area contributed by atoms with Crippen molar-refractivity contribution in [2.45, 2.75) is 20.0 Å². The first-order valence-electron chi connectivity index (χ1n) is 7.71. The number of carbonyl (C=O) groups excluding carboxylic acids is 2. The van der Waals surface area contributed by atoms with E-state index in [4.69, 9.17) is 4.74 Å². The van der Waals surface area contributed by atoms with Gasteiger partial charge in [0.1, 0.15) is 10.8 Å². The van der Waals surface area contributed by atoms with E-state index in [9.17, 15) is 14.0 Å². The molecule has 0 aliphatic carbocycles. The molecule has 26 heavy (non-hydrogen) atoms. The first-order chi connectivity index (χ1) is 12.4. The van der Waals surface area contributed by atoms with Crippen molar-refractivity contribution in [3.63, 3.8) is 0 Å². The Kier molecular flexibility index (Phi) is 5.43. The molecule has 0 spiro atoms. The Balaban J connectivity index is 1.61. The lowest BCUT2D eigenvalue weighted by Crippen LogP contribution is -2.30. The van der Waals surface area contributed by atoms with Gasteiger partial charge in [-0.1, -0.05) is 12.1 Å².